The molecule has 0 spiro atoms. The molecule has 4 bridgehead atoms. The topological polar surface area (TPSA) is 142 Å². The van der Waals surface area contributed by atoms with Gasteiger partial charge < -0.3 is 20.1 Å². The fourth-order valence-corrected chi connectivity index (χ4v) is 7.52. The predicted octanol–water partition coefficient (Wildman–Crippen LogP) is 4.18. The molecule has 0 radical (unpaired) electrons. The van der Waals surface area contributed by atoms with Gasteiger partial charge in [0.15, 0.2) is 0 Å². The number of hydrogen-bond donors (Lipinski definition) is 2. The fraction of sp³-hybridized carbons (Fsp3) is 0.419. The van der Waals surface area contributed by atoms with Crippen LogP contribution in [0, 0.1) is 17.2 Å². The standard InChI is InChI=1S/C31H31ClN8O3/c1-30(2,42)17-43-22-8-23(28-19(12-33)13-37-39(28)16-22)25-14-36-26(15-35-25)40-20-6-18-7-21(40)11-31(9-18,10-20)38-29(41)27-24(32)4-3-5-34-27/h3-5,8,13-16,18,20-21,42H,6-7,9-11,17H2,1-2H3,(H,38,41)/t18?,20-,21+,31?. The van der Waals surface area contributed by atoms with E-state index in [0.29, 0.717) is 39.0 Å². The van der Waals surface area contributed by atoms with Crippen LogP contribution in [0.25, 0.3) is 16.8 Å². The molecule has 2 saturated heterocycles. The smallest absolute Gasteiger partial charge is 0.271 e. The molecule has 4 fully saturated rings. The highest BCUT2D eigenvalue weighted by molar-refractivity contribution is 6.33. The first-order valence-corrected chi connectivity index (χ1v) is 14.8. The van der Waals surface area contributed by atoms with Crippen molar-refractivity contribution >= 4 is 28.8 Å². The highest BCUT2D eigenvalue weighted by atomic mass is 35.5. The quantitative estimate of drug-likeness (QED) is 0.320. The van der Waals surface area contributed by atoms with Gasteiger partial charge in [0.25, 0.3) is 5.91 Å². The van der Waals surface area contributed by atoms with Crippen molar-refractivity contribution in [1.82, 2.24) is 29.9 Å². The SMILES string of the molecule is CC(C)(O)COc1cc(-c2cnc(N3[C@@H]4CC5C[C@H]3CC(NC(=O)c3ncccc3Cl)(C5)C4)cn2)c2c(C#N)cnn2c1. The van der Waals surface area contributed by atoms with E-state index in [9.17, 15) is 15.2 Å². The molecule has 4 aromatic rings. The molecule has 12 heteroatoms. The van der Waals surface area contributed by atoms with Crippen molar-refractivity contribution < 1.29 is 14.6 Å². The average molecular weight is 599 g/mol. The van der Waals surface area contributed by atoms with E-state index < -0.39 is 5.60 Å². The van der Waals surface area contributed by atoms with Crippen molar-refractivity contribution in [2.45, 2.75) is 69.2 Å². The molecule has 2 N–H and O–H groups in total. The van der Waals surface area contributed by atoms with Gasteiger partial charge >= 0.3 is 0 Å². The number of rotatable bonds is 7. The van der Waals surface area contributed by atoms with E-state index in [1.165, 1.54) is 6.20 Å². The Balaban J connectivity index is 1.15. The molecule has 2 unspecified atom stereocenters. The molecule has 8 rings (SSSR count). The number of ether oxygens (including phenoxy) is 1. The van der Waals surface area contributed by atoms with Gasteiger partial charge in [-0.15, -0.1) is 0 Å². The van der Waals surface area contributed by atoms with Crippen LogP contribution in [0.1, 0.15) is 62.0 Å². The molecule has 4 atom stereocenters. The number of amides is 1. The van der Waals surface area contributed by atoms with Gasteiger partial charge in [0.05, 0.1) is 52.2 Å². The van der Waals surface area contributed by atoms with Crippen molar-refractivity contribution in [2.75, 3.05) is 11.5 Å². The van der Waals surface area contributed by atoms with Gasteiger partial charge in [-0.05, 0) is 70.1 Å². The molecular formula is C31H31ClN8O3. The lowest BCUT2D eigenvalue weighted by molar-refractivity contribution is 0.0283. The molecule has 1 amide bonds. The van der Waals surface area contributed by atoms with Crippen LogP contribution >= 0.6 is 11.6 Å². The van der Waals surface area contributed by atoms with E-state index in [4.69, 9.17) is 26.3 Å². The molecule has 2 aliphatic carbocycles. The first-order chi connectivity index (χ1) is 20.6. The predicted molar refractivity (Wildman–Crippen MR) is 159 cm³/mol. The second-order valence-electron chi connectivity index (χ2n) is 12.6. The molecule has 4 aliphatic rings. The molecule has 2 saturated carbocycles. The van der Waals surface area contributed by atoms with E-state index in [0.717, 1.165) is 37.9 Å². The van der Waals surface area contributed by atoms with Crippen molar-refractivity contribution in [2.24, 2.45) is 5.92 Å². The molecule has 4 aromatic heterocycles. The maximum atomic E-state index is 13.2. The fourth-order valence-electron chi connectivity index (χ4n) is 7.31. The maximum absolute atomic E-state index is 13.2. The summed E-state index contributed by atoms with van der Waals surface area (Å²) in [7, 11) is 0. The van der Waals surface area contributed by atoms with E-state index in [1.54, 1.807) is 61.3 Å². The molecule has 220 valence electrons. The highest BCUT2D eigenvalue weighted by Crippen LogP contribution is 2.52. The van der Waals surface area contributed by atoms with Crippen molar-refractivity contribution in [1.29, 1.82) is 5.26 Å². The number of hydrogen-bond acceptors (Lipinski definition) is 9. The monoisotopic (exact) mass is 598 g/mol. The minimum absolute atomic E-state index is 0.0878. The normalized spacial score (nSPS) is 24.3. The number of piperidine rings is 2. The first-order valence-electron chi connectivity index (χ1n) is 14.4. The van der Waals surface area contributed by atoms with Gasteiger partial charge in [-0.25, -0.2) is 14.5 Å². The lowest BCUT2D eigenvalue weighted by Crippen LogP contribution is -2.69. The van der Waals surface area contributed by atoms with E-state index in [2.05, 4.69) is 26.4 Å². The lowest BCUT2D eigenvalue weighted by atomic mass is 9.59. The second-order valence-corrected chi connectivity index (χ2v) is 13.1. The number of aliphatic hydroxyl groups is 1. The van der Waals surface area contributed by atoms with E-state index in [1.807, 2.05) is 0 Å². The van der Waals surface area contributed by atoms with Crippen molar-refractivity contribution in [3.05, 3.63) is 65.5 Å². The van der Waals surface area contributed by atoms with Crippen LogP contribution in [0.2, 0.25) is 5.02 Å². The van der Waals surface area contributed by atoms with Gasteiger partial charge in [0.2, 0.25) is 0 Å². The Morgan fingerprint density at radius 1 is 1.21 bits per heavy atom. The average Bonchev–Trinajstić information content (AvgIpc) is 3.38. The Labute approximate surface area is 253 Å². The Bertz CT molecular complexity index is 1740. The number of carbonyl (C=O) groups excluding carboxylic acids is 1. The van der Waals surface area contributed by atoms with Crippen LogP contribution in [-0.4, -0.2) is 65.4 Å². The summed E-state index contributed by atoms with van der Waals surface area (Å²) in [6, 6.07) is 7.88. The number of nitriles is 1. The van der Waals surface area contributed by atoms with Gasteiger partial charge in [-0.1, -0.05) is 11.6 Å². The van der Waals surface area contributed by atoms with Crippen molar-refractivity contribution in [3.8, 4) is 23.1 Å². The third-order valence-electron chi connectivity index (χ3n) is 8.76. The molecule has 2 aliphatic heterocycles. The van der Waals surface area contributed by atoms with Crippen molar-refractivity contribution in [3.63, 3.8) is 0 Å². The highest BCUT2D eigenvalue weighted by Gasteiger charge is 2.55. The summed E-state index contributed by atoms with van der Waals surface area (Å²) < 4.78 is 7.44. The maximum Gasteiger partial charge on any atom is 0.271 e. The van der Waals surface area contributed by atoms with Gasteiger partial charge in [-0.2, -0.15) is 10.4 Å². The molecule has 0 aromatic carbocycles. The molecule has 43 heavy (non-hydrogen) atoms. The summed E-state index contributed by atoms with van der Waals surface area (Å²) in [5.74, 6) is 1.60. The summed E-state index contributed by atoms with van der Waals surface area (Å²) in [5.41, 5.74) is 1.23. The minimum atomic E-state index is -1.02. The number of fused-ring (bicyclic) bond motifs is 1. The van der Waals surface area contributed by atoms with Crippen LogP contribution in [0.3, 0.4) is 0 Å². The lowest BCUT2D eigenvalue weighted by Gasteiger charge is -2.61. The Hall–Kier alpha value is -4.27. The molecule has 11 nitrogen and oxygen atoms in total. The first kappa shape index (κ1) is 27.6. The number of nitrogens with one attached hydrogen (secondary N) is 1. The third-order valence-corrected chi connectivity index (χ3v) is 9.06. The Morgan fingerprint density at radius 2 is 2.00 bits per heavy atom. The Kier molecular flexibility index (Phi) is 6.52. The molecular weight excluding hydrogens is 568 g/mol. The summed E-state index contributed by atoms with van der Waals surface area (Å²) in [4.78, 5) is 29.4. The zero-order valence-corrected chi connectivity index (χ0v) is 24.6. The summed E-state index contributed by atoms with van der Waals surface area (Å²) in [5, 5.41) is 27.9. The van der Waals surface area contributed by atoms with E-state index >= 15 is 0 Å². The summed E-state index contributed by atoms with van der Waals surface area (Å²) in [6.07, 6.45) is 13.0. The molecule has 6 heterocycles. The van der Waals surface area contributed by atoms with Gasteiger partial charge in [0.1, 0.15) is 29.9 Å². The van der Waals surface area contributed by atoms with Crippen LogP contribution in [0.5, 0.6) is 5.75 Å². The van der Waals surface area contributed by atoms with Gasteiger partial charge in [0, 0.05) is 29.4 Å². The zero-order valence-electron chi connectivity index (χ0n) is 23.9. The van der Waals surface area contributed by atoms with Crippen LogP contribution in [0.4, 0.5) is 5.82 Å². The number of halogens is 1. The Morgan fingerprint density at radius 3 is 2.67 bits per heavy atom. The van der Waals surface area contributed by atoms with Crippen LogP contribution in [0.15, 0.2) is 49.2 Å². The van der Waals surface area contributed by atoms with Gasteiger partial charge in [-0.3, -0.25) is 9.78 Å². The number of aromatic nitrogens is 5. The van der Waals surface area contributed by atoms with E-state index in [-0.39, 0.29) is 35.8 Å². The number of nitrogens with zero attached hydrogens (tertiary/aromatic N) is 7. The second kappa shape index (κ2) is 10.2. The minimum Gasteiger partial charge on any atom is -0.489 e. The summed E-state index contributed by atoms with van der Waals surface area (Å²) >= 11 is 6.27. The zero-order chi connectivity index (χ0) is 29.9. The van der Waals surface area contributed by atoms with Crippen LogP contribution in [-0.2, 0) is 0 Å². The largest absolute Gasteiger partial charge is 0.489 e. The number of carbonyl (C=O) groups is 1. The number of pyridine rings is 2. The third kappa shape index (κ3) is 5.04. The summed E-state index contributed by atoms with van der Waals surface area (Å²) in [6.45, 7) is 3.43. The van der Waals surface area contributed by atoms with Crippen LogP contribution < -0.4 is 15.0 Å². The number of anilines is 1.